The van der Waals surface area contributed by atoms with Gasteiger partial charge in [0.2, 0.25) is 5.75 Å². The van der Waals surface area contributed by atoms with Crippen LogP contribution < -0.4 is 19.5 Å². The lowest BCUT2D eigenvalue weighted by Crippen LogP contribution is -2.38. The van der Waals surface area contributed by atoms with E-state index in [1.54, 1.807) is 33.5 Å². The van der Waals surface area contributed by atoms with Crippen molar-refractivity contribution in [2.75, 3.05) is 21.3 Å². The number of nitrogens with one attached hydrogen (secondary N) is 1. The van der Waals surface area contributed by atoms with Crippen LogP contribution in [0.1, 0.15) is 49.4 Å². The quantitative estimate of drug-likeness (QED) is 0.872. The first-order chi connectivity index (χ1) is 11.1. The molecule has 0 heterocycles. The number of methoxy groups -OCH3 is 3. The average Bonchev–Trinajstić information content (AvgIpc) is 2.60. The Bertz CT molecular complexity index is 513. The van der Waals surface area contributed by atoms with Gasteiger partial charge in [-0.3, -0.25) is 4.79 Å². The van der Waals surface area contributed by atoms with Crippen LogP contribution in [0.3, 0.4) is 0 Å². The lowest BCUT2D eigenvalue weighted by molar-refractivity contribution is 0.0918. The van der Waals surface area contributed by atoms with Gasteiger partial charge in [-0.1, -0.05) is 19.3 Å². The fourth-order valence-electron chi connectivity index (χ4n) is 3.25. The zero-order chi connectivity index (χ0) is 16.8. The third-order valence-corrected chi connectivity index (χ3v) is 4.64. The number of carbonyl (C=O) groups is 1. The van der Waals surface area contributed by atoms with Crippen molar-refractivity contribution in [1.29, 1.82) is 0 Å². The number of carbonyl (C=O) groups excluding carboxylic acids is 1. The van der Waals surface area contributed by atoms with Gasteiger partial charge in [0, 0.05) is 11.6 Å². The van der Waals surface area contributed by atoms with Crippen molar-refractivity contribution in [2.45, 2.75) is 45.1 Å². The third kappa shape index (κ3) is 4.09. The van der Waals surface area contributed by atoms with E-state index in [0.29, 0.717) is 28.7 Å². The molecule has 0 radical (unpaired) electrons. The number of ether oxygens (including phenoxy) is 3. The number of amides is 1. The van der Waals surface area contributed by atoms with E-state index < -0.39 is 0 Å². The van der Waals surface area contributed by atoms with E-state index in [2.05, 4.69) is 12.2 Å². The molecule has 1 aliphatic rings. The average molecular weight is 321 g/mol. The first-order valence-electron chi connectivity index (χ1n) is 8.21. The maximum absolute atomic E-state index is 12.6. The Balaban J connectivity index is 2.15. The van der Waals surface area contributed by atoms with Crippen molar-refractivity contribution >= 4 is 5.91 Å². The maximum Gasteiger partial charge on any atom is 0.251 e. The van der Waals surface area contributed by atoms with Crippen LogP contribution >= 0.6 is 0 Å². The molecule has 1 N–H and O–H groups in total. The summed E-state index contributed by atoms with van der Waals surface area (Å²) in [6.07, 6.45) is 6.21. The molecule has 5 heteroatoms. The van der Waals surface area contributed by atoms with Crippen molar-refractivity contribution in [1.82, 2.24) is 5.32 Å². The van der Waals surface area contributed by atoms with Gasteiger partial charge in [-0.15, -0.1) is 0 Å². The predicted molar refractivity (Wildman–Crippen MR) is 89.6 cm³/mol. The number of benzene rings is 1. The van der Waals surface area contributed by atoms with Crippen molar-refractivity contribution in [2.24, 2.45) is 5.92 Å². The molecule has 0 aliphatic heterocycles. The standard InChI is InChI=1S/C18H27NO4/c1-12(13-8-6-5-7-9-13)19-18(20)14-10-15(21-2)17(23-4)16(11-14)22-3/h10-13H,5-9H2,1-4H3,(H,19,20). The van der Waals surface area contributed by atoms with Gasteiger partial charge in [-0.2, -0.15) is 0 Å². The summed E-state index contributed by atoms with van der Waals surface area (Å²) >= 11 is 0. The summed E-state index contributed by atoms with van der Waals surface area (Å²) in [5.74, 6) is 1.92. The predicted octanol–water partition coefficient (Wildman–Crippen LogP) is 3.41. The first-order valence-corrected chi connectivity index (χ1v) is 8.21. The van der Waals surface area contributed by atoms with Gasteiger partial charge in [-0.25, -0.2) is 0 Å². The van der Waals surface area contributed by atoms with E-state index in [1.165, 1.54) is 32.1 Å². The molecule has 5 nitrogen and oxygen atoms in total. The number of hydrogen-bond donors (Lipinski definition) is 1. The highest BCUT2D eigenvalue weighted by molar-refractivity contribution is 5.95. The van der Waals surface area contributed by atoms with Crippen molar-refractivity contribution in [3.8, 4) is 17.2 Å². The molecular formula is C18H27NO4. The van der Waals surface area contributed by atoms with E-state index in [1.807, 2.05) is 0 Å². The summed E-state index contributed by atoms with van der Waals surface area (Å²) in [4.78, 5) is 12.6. The van der Waals surface area contributed by atoms with E-state index in [4.69, 9.17) is 14.2 Å². The van der Waals surface area contributed by atoms with E-state index in [0.717, 1.165) is 0 Å². The van der Waals surface area contributed by atoms with Crippen LogP contribution in [0, 0.1) is 5.92 Å². The summed E-state index contributed by atoms with van der Waals surface area (Å²) in [7, 11) is 4.64. The molecule has 1 aromatic rings. The van der Waals surface area contributed by atoms with E-state index in [-0.39, 0.29) is 11.9 Å². The zero-order valence-electron chi connectivity index (χ0n) is 14.5. The normalized spacial score (nSPS) is 16.5. The Morgan fingerprint density at radius 3 is 2.09 bits per heavy atom. The first kappa shape index (κ1) is 17.4. The maximum atomic E-state index is 12.6. The van der Waals surface area contributed by atoms with Crippen LogP contribution in [0.25, 0.3) is 0 Å². The molecule has 0 aromatic heterocycles. The van der Waals surface area contributed by atoms with Gasteiger partial charge in [0.05, 0.1) is 21.3 Å². The van der Waals surface area contributed by atoms with Gasteiger partial charge >= 0.3 is 0 Å². The summed E-state index contributed by atoms with van der Waals surface area (Å²) in [5.41, 5.74) is 0.516. The molecule has 1 unspecified atom stereocenters. The minimum atomic E-state index is -0.109. The van der Waals surface area contributed by atoms with Crippen molar-refractivity contribution in [3.05, 3.63) is 17.7 Å². The summed E-state index contributed by atoms with van der Waals surface area (Å²) in [6.45, 7) is 2.09. The second-order valence-corrected chi connectivity index (χ2v) is 6.07. The molecule has 0 bridgehead atoms. The topological polar surface area (TPSA) is 56.8 Å². The fourth-order valence-corrected chi connectivity index (χ4v) is 3.25. The van der Waals surface area contributed by atoms with Gasteiger partial charge in [0.1, 0.15) is 0 Å². The summed E-state index contributed by atoms with van der Waals surface area (Å²) in [5, 5.41) is 3.12. The molecule has 0 spiro atoms. The van der Waals surface area contributed by atoms with Crippen LogP contribution in [0.5, 0.6) is 17.2 Å². The highest BCUT2D eigenvalue weighted by Gasteiger charge is 2.23. The largest absolute Gasteiger partial charge is 0.493 e. The number of rotatable bonds is 6. The molecular weight excluding hydrogens is 294 g/mol. The Hall–Kier alpha value is -1.91. The Labute approximate surface area is 138 Å². The molecule has 1 atom stereocenters. The van der Waals surface area contributed by atoms with Gasteiger partial charge in [0.25, 0.3) is 5.91 Å². The molecule has 0 saturated heterocycles. The molecule has 23 heavy (non-hydrogen) atoms. The Morgan fingerprint density at radius 1 is 1.04 bits per heavy atom. The second-order valence-electron chi connectivity index (χ2n) is 6.07. The molecule has 128 valence electrons. The fraction of sp³-hybridized carbons (Fsp3) is 0.611. The molecule has 1 saturated carbocycles. The Morgan fingerprint density at radius 2 is 1.61 bits per heavy atom. The van der Waals surface area contributed by atoms with Crippen LogP contribution in [0.4, 0.5) is 0 Å². The van der Waals surface area contributed by atoms with E-state index in [9.17, 15) is 4.79 Å². The summed E-state index contributed by atoms with van der Waals surface area (Å²) < 4.78 is 15.9. The van der Waals surface area contributed by atoms with Gasteiger partial charge < -0.3 is 19.5 Å². The van der Waals surface area contributed by atoms with Crippen molar-refractivity contribution < 1.29 is 19.0 Å². The zero-order valence-corrected chi connectivity index (χ0v) is 14.5. The monoisotopic (exact) mass is 321 g/mol. The third-order valence-electron chi connectivity index (χ3n) is 4.64. The van der Waals surface area contributed by atoms with Gasteiger partial charge in [0.15, 0.2) is 11.5 Å². The lowest BCUT2D eigenvalue weighted by Gasteiger charge is -2.28. The van der Waals surface area contributed by atoms with Crippen LogP contribution in [-0.2, 0) is 0 Å². The molecule has 1 amide bonds. The van der Waals surface area contributed by atoms with Crippen LogP contribution in [0.15, 0.2) is 12.1 Å². The SMILES string of the molecule is COc1cc(C(=O)NC(C)C2CCCCC2)cc(OC)c1OC. The highest BCUT2D eigenvalue weighted by atomic mass is 16.5. The molecule has 2 rings (SSSR count). The second kappa shape index (κ2) is 8.09. The lowest BCUT2D eigenvalue weighted by atomic mass is 9.84. The smallest absolute Gasteiger partial charge is 0.251 e. The van der Waals surface area contributed by atoms with Crippen LogP contribution in [0.2, 0.25) is 0 Å². The molecule has 1 aliphatic carbocycles. The Kier molecular flexibility index (Phi) is 6.13. The van der Waals surface area contributed by atoms with E-state index >= 15 is 0 Å². The number of hydrogen-bond acceptors (Lipinski definition) is 4. The van der Waals surface area contributed by atoms with Gasteiger partial charge in [-0.05, 0) is 37.8 Å². The van der Waals surface area contributed by atoms with Crippen LogP contribution in [-0.4, -0.2) is 33.3 Å². The highest BCUT2D eigenvalue weighted by Crippen LogP contribution is 2.38. The molecule has 1 aromatic carbocycles. The van der Waals surface area contributed by atoms with Crippen molar-refractivity contribution in [3.63, 3.8) is 0 Å². The molecule has 1 fully saturated rings. The minimum absolute atomic E-state index is 0.109. The minimum Gasteiger partial charge on any atom is -0.493 e. The summed E-state index contributed by atoms with van der Waals surface area (Å²) in [6, 6.07) is 3.54.